The molecule has 2 heterocycles. The van der Waals surface area contributed by atoms with Crippen LogP contribution in [0.3, 0.4) is 0 Å². The van der Waals surface area contributed by atoms with Crippen molar-refractivity contribution >= 4 is 5.91 Å². The fourth-order valence-electron chi connectivity index (χ4n) is 3.67. The van der Waals surface area contributed by atoms with E-state index in [0.29, 0.717) is 19.5 Å². The third-order valence-corrected chi connectivity index (χ3v) is 5.35. The van der Waals surface area contributed by atoms with E-state index in [1.54, 1.807) is 0 Å². The Morgan fingerprint density at radius 1 is 1.00 bits per heavy atom. The van der Waals surface area contributed by atoms with Gasteiger partial charge in [0.1, 0.15) is 0 Å². The van der Waals surface area contributed by atoms with Gasteiger partial charge in [-0.05, 0) is 41.2 Å². The molecule has 1 amide bonds. The molecule has 4 nitrogen and oxygen atoms in total. The molecule has 132 valence electrons. The van der Waals surface area contributed by atoms with Crippen LogP contribution in [0, 0.1) is 6.92 Å². The third kappa shape index (κ3) is 3.03. The van der Waals surface area contributed by atoms with Crippen LogP contribution in [0.15, 0.2) is 54.7 Å². The first-order valence-corrected chi connectivity index (χ1v) is 9.05. The van der Waals surface area contributed by atoms with E-state index in [9.17, 15) is 4.79 Å². The van der Waals surface area contributed by atoms with Crippen molar-refractivity contribution in [3.63, 3.8) is 0 Å². The minimum atomic E-state index is 0.194. The molecule has 0 aliphatic carbocycles. The first-order valence-electron chi connectivity index (χ1n) is 9.05. The Bertz CT molecular complexity index is 910. The fraction of sp³-hybridized carbons (Fsp3) is 0.273. The molecule has 0 N–H and O–H groups in total. The monoisotopic (exact) mass is 345 g/mol. The maximum Gasteiger partial charge on any atom is 0.223 e. The van der Waals surface area contributed by atoms with E-state index in [1.807, 2.05) is 29.7 Å². The zero-order valence-corrected chi connectivity index (χ0v) is 15.3. The normalized spacial score (nSPS) is 13.1. The van der Waals surface area contributed by atoms with Gasteiger partial charge in [0.15, 0.2) is 0 Å². The van der Waals surface area contributed by atoms with E-state index in [4.69, 9.17) is 0 Å². The van der Waals surface area contributed by atoms with Gasteiger partial charge in [-0.3, -0.25) is 9.48 Å². The van der Waals surface area contributed by atoms with Crippen molar-refractivity contribution in [3.05, 3.63) is 77.1 Å². The number of nitrogens with zero attached hydrogens (tertiary/aromatic N) is 3. The molecule has 0 atom stereocenters. The molecular weight excluding hydrogens is 322 g/mol. The highest BCUT2D eigenvalue weighted by molar-refractivity contribution is 5.79. The molecule has 4 heteroatoms. The molecule has 0 spiro atoms. The van der Waals surface area contributed by atoms with Crippen LogP contribution in [-0.4, -0.2) is 20.6 Å². The van der Waals surface area contributed by atoms with Crippen molar-refractivity contribution in [1.29, 1.82) is 0 Å². The minimum Gasteiger partial charge on any atom is -0.334 e. The highest BCUT2D eigenvalue weighted by Gasteiger charge is 2.22. The second kappa shape index (κ2) is 6.79. The van der Waals surface area contributed by atoms with Crippen molar-refractivity contribution in [2.45, 2.75) is 32.9 Å². The number of hydrogen-bond donors (Lipinski definition) is 0. The Morgan fingerprint density at radius 2 is 1.58 bits per heavy atom. The lowest BCUT2D eigenvalue weighted by Crippen LogP contribution is -2.29. The topological polar surface area (TPSA) is 38.1 Å². The van der Waals surface area contributed by atoms with E-state index in [0.717, 1.165) is 17.7 Å². The minimum absolute atomic E-state index is 0.194. The number of rotatable bonds is 3. The summed E-state index contributed by atoms with van der Waals surface area (Å²) in [6.07, 6.45) is 3.12. The summed E-state index contributed by atoms with van der Waals surface area (Å²) >= 11 is 0. The van der Waals surface area contributed by atoms with E-state index in [1.165, 1.54) is 22.3 Å². The number of hydrogen-bond acceptors (Lipinski definition) is 2. The molecule has 3 aromatic rings. The number of benzene rings is 2. The number of aromatic nitrogens is 2. The second-order valence-electron chi connectivity index (χ2n) is 6.94. The van der Waals surface area contributed by atoms with Gasteiger partial charge in [-0.1, -0.05) is 48.5 Å². The van der Waals surface area contributed by atoms with Crippen LogP contribution < -0.4 is 0 Å². The molecule has 0 fully saturated rings. The van der Waals surface area contributed by atoms with Gasteiger partial charge in [-0.15, -0.1) is 0 Å². The molecule has 1 aromatic heterocycles. The number of amides is 1. The molecule has 0 saturated carbocycles. The standard InChI is InChI=1S/C22H23N3O/c1-16-17(13-23-24(16)2)11-12-22(26)25-14-18-7-3-5-9-20(18)21-10-6-4-8-19(21)15-25/h3-10,13H,11-12,14-15H2,1-2H3. The van der Waals surface area contributed by atoms with Crippen molar-refractivity contribution in [2.75, 3.05) is 0 Å². The van der Waals surface area contributed by atoms with Crippen molar-refractivity contribution < 1.29 is 4.79 Å². The Labute approximate surface area is 154 Å². The lowest BCUT2D eigenvalue weighted by Gasteiger charge is -2.21. The summed E-state index contributed by atoms with van der Waals surface area (Å²) < 4.78 is 1.86. The van der Waals surface area contributed by atoms with E-state index < -0.39 is 0 Å². The maximum atomic E-state index is 13.0. The van der Waals surface area contributed by atoms with E-state index >= 15 is 0 Å². The van der Waals surface area contributed by atoms with Gasteiger partial charge in [0.25, 0.3) is 0 Å². The Morgan fingerprint density at radius 3 is 2.12 bits per heavy atom. The summed E-state index contributed by atoms with van der Waals surface area (Å²) in [6.45, 7) is 3.37. The summed E-state index contributed by atoms with van der Waals surface area (Å²) in [5, 5.41) is 4.27. The molecular formula is C22H23N3O. The second-order valence-corrected chi connectivity index (χ2v) is 6.94. The van der Waals surface area contributed by atoms with Crippen LogP contribution in [0.25, 0.3) is 11.1 Å². The molecule has 4 rings (SSSR count). The van der Waals surface area contributed by atoms with Gasteiger partial charge in [-0.2, -0.15) is 5.10 Å². The number of carbonyl (C=O) groups is 1. The van der Waals surface area contributed by atoms with Gasteiger partial charge in [-0.25, -0.2) is 0 Å². The molecule has 1 aliphatic rings. The maximum absolute atomic E-state index is 13.0. The molecule has 0 bridgehead atoms. The predicted octanol–water partition coefficient (Wildman–Crippen LogP) is 3.87. The summed E-state index contributed by atoms with van der Waals surface area (Å²) in [7, 11) is 1.93. The summed E-state index contributed by atoms with van der Waals surface area (Å²) in [4.78, 5) is 14.9. The average Bonchev–Trinajstić information content (AvgIpc) is 2.89. The zero-order chi connectivity index (χ0) is 18.1. The predicted molar refractivity (Wildman–Crippen MR) is 102 cm³/mol. The Kier molecular flexibility index (Phi) is 4.33. The highest BCUT2D eigenvalue weighted by atomic mass is 16.2. The number of aryl methyl sites for hydroxylation is 2. The Balaban J connectivity index is 1.58. The van der Waals surface area contributed by atoms with Gasteiger partial charge in [0, 0.05) is 32.3 Å². The first kappa shape index (κ1) is 16.6. The smallest absolute Gasteiger partial charge is 0.223 e. The highest BCUT2D eigenvalue weighted by Crippen LogP contribution is 2.32. The van der Waals surface area contributed by atoms with Crippen LogP contribution in [0.4, 0.5) is 0 Å². The summed E-state index contributed by atoms with van der Waals surface area (Å²) in [5.74, 6) is 0.194. The summed E-state index contributed by atoms with van der Waals surface area (Å²) in [6, 6.07) is 16.8. The van der Waals surface area contributed by atoms with Gasteiger partial charge < -0.3 is 4.90 Å². The van der Waals surface area contributed by atoms with Crippen LogP contribution >= 0.6 is 0 Å². The zero-order valence-electron chi connectivity index (χ0n) is 15.3. The van der Waals surface area contributed by atoms with E-state index in [2.05, 4.69) is 53.6 Å². The fourth-order valence-corrected chi connectivity index (χ4v) is 3.67. The average molecular weight is 345 g/mol. The molecule has 0 radical (unpaired) electrons. The van der Waals surface area contributed by atoms with Crippen LogP contribution in [-0.2, 0) is 31.4 Å². The third-order valence-electron chi connectivity index (χ3n) is 5.35. The molecule has 0 saturated heterocycles. The van der Waals surface area contributed by atoms with E-state index in [-0.39, 0.29) is 5.91 Å². The number of carbonyl (C=O) groups excluding carboxylic acids is 1. The SMILES string of the molecule is Cc1c(CCC(=O)N2Cc3ccccc3-c3ccccc3C2)cnn1C. The molecule has 0 unspecified atom stereocenters. The van der Waals surface area contributed by atoms with Gasteiger partial charge in [0.2, 0.25) is 5.91 Å². The number of fused-ring (bicyclic) bond motifs is 3. The molecule has 1 aliphatic heterocycles. The van der Waals surface area contributed by atoms with Crippen molar-refractivity contribution in [2.24, 2.45) is 7.05 Å². The van der Waals surface area contributed by atoms with Gasteiger partial charge in [0.05, 0.1) is 6.20 Å². The van der Waals surface area contributed by atoms with Gasteiger partial charge >= 0.3 is 0 Å². The van der Waals surface area contributed by atoms with Crippen LogP contribution in [0.2, 0.25) is 0 Å². The Hall–Kier alpha value is -2.88. The largest absolute Gasteiger partial charge is 0.334 e. The van der Waals surface area contributed by atoms with Crippen molar-refractivity contribution in [3.8, 4) is 11.1 Å². The lowest BCUT2D eigenvalue weighted by atomic mass is 9.97. The van der Waals surface area contributed by atoms with Crippen LogP contribution in [0.5, 0.6) is 0 Å². The first-order chi connectivity index (χ1) is 12.6. The molecule has 26 heavy (non-hydrogen) atoms. The van der Waals surface area contributed by atoms with Crippen molar-refractivity contribution in [1.82, 2.24) is 14.7 Å². The van der Waals surface area contributed by atoms with Crippen LogP contribution in [0.1, 0.15) is 28.8 Å². The summed E-state index contributed by atoms with van der Waals surface area (Å²) in [5.41, 5.74) is 7.18. The molecule has 2 aromatic carbocycles. The quantitative estimate of drug-likeness (QED) is 0.723. The lowest BCUT2D eigenvalue weighted by molar-refractivity contribution is -0.132.